The first kappa shape index (κ1) is 13.5. The first-order valence-electron chi connectivity index (χ1n) is 6.48. The molecule has 1 saturated carbocycles. The van der Waals surface area contributed by atoms with Crippen LogP contribution in [0.1, 0.15) is 26.7 Å². The molecule has 1 aromatic heterocycles. The van der Waals surface area contributed by atoms with E-state index in [0.29, 0.717) is 23.6 Å². The highest BCUT2D eigenvalue weighted by Gasteiger charge is 2.31. The first-order valence-corrected chi connectivity index (χ1v) is 6.48. The highest BCUT2D eigenvalue weighted by atomic mass is 16.6. The summed E-state index contributed by atoms with van der Waals surface area (Å²) >= 11 is 0. The molecule has 7 heteroatoms. The SMILES string of the molecule is CNc1ncc([N+](=O)[O-])c(NC2CCC(C)C2C)n1. The van der Waals surface area contributed by atoms with Gasteiger partial charge in [0.1, 0.15) is 6.20 Å². The maximum Gasteiger partial charge on any atom is 0.329 e. The molecule has 1 heterocycles. The molecule has 2 N–H and O–H groups in total. The van der Waals surface area contributed by atoms with E-state index in [1.807, 2.05) is 0 Å². The Balaban J connectivity index is 2.25. The average Bonchev–Trinajstić information content (AvgIpc) is 2.70. The second-order valence-corrected chi connectivity index (χ2v) is 5.10. The van der Waals surface area contributed by atoms with Gasteiger partial charge in [0.2, 0.25) is 11.8 Å². The number of rotatable bonds is 4. The van der Waals surface area contributed by atoms with Crippen molar-refractivity contribution in [3.63, 3.8) is 0 Å². The van der Waals surface area contributed by atoms with Crippen molar-refractivity contribution in [1.29, 1.82) is 0 Å². The molecule has 1 aliphatic rings. The van der Waals surface area contributed by atoms with Crippen LogP contribution in [0.25, 0.3) is 0 Å². The van der Waals surface area contributed by atoms with Gasteiger partial charge in [-0.1, -0.05) is 13.8 Å². The van der Waals surface area contributed by atoms with Crippen molar-refractivity contribution >= 4 is 17.5 Å². The molecule has 0 radical (unpaired) electrons. The monoisotopic (exact) mass is 265 g/mol. The van der Waals surface area contributed by atoms with E-state index < -0.39 is 4.92 Å². The summed E-state index contributed by atoms with van der Waals surface area (Å²) in [7, 11) is 1.69. The molecular formula is C12H19N5O2. The van der Waals surface area contributed by atoms with Crippen LogP contribution in [-0.4, -0.2) is 28.0 Å². The lowest BCUT2D eigenvalue weighted by molar-refractivity contribution is -0.384. The third-order valence-electron chi connectivity index (χ3n) is 3.98. The van der Waals surface area contributed by atoms with E-state index in [2.05, 4.69) is 34.4 Å². The summed E-state index contributed by atoms with van der Waals surface area (Å²) < 4.78 is 0. The number of anilines is 2. The summed E-state index contributed by atoms with van der Waals surface area (Å²) in [5.41, 5.74) is -0.0780. The van der Waals surface area contributed by atoms with Crippen LogP contribution < -0.4 is 10.6 Å². The molecule has 1 aromatic rings. The Hall–Kier alpha value is -1.92. The van der Waals surface area contributed by atoms with Gasteiger partial charge in [-0.05, 0) is 24.7 Å². The van der Waals surface area contributed by atoms with Gasteiger partial charge in [-0.3, -0.25) is 10.1 Å². The van der Waals surface area contributed by atoms with Crippen LogP contribution in [-0.2, 0) is 0 Å². The zero-order valence-corrected chi connectivity index (χ0v) is 11.4. The lowest BCUT2D eigenvalue weighted by Gasteiger charge is -2.20. The highest BCUT2D eigenvalue weighted by Crippen LogP contribution is 2.34. The minimum Gasteiger partial charge on any atom is -0.361 e. The van der Waals surface area contributed by atoms with E-state index in [-0.39, 0.29) is 11.7 Å². The Morgan fingerprint density at radius 3 is 2.68 bits per heavy atom. The van der Waals surface area contributed by atoms with Crippen LogP contribution in [0.5, 0.6) is 0 Å². The average molecular weight is 265 g/mol. The third-order valence-corrected chi connectivity index (χ3v) is 3.98. The van der Waals surface area contributed by atoms with Gasteiger partial charge < -0.3 is 10.6 Å². The van der Waals surface area contributed by atoms with Crippen LogP contribution in [0.2, 0.25) is 0 Å². The fraction of sp³-hybridized carbons (Fsp3) is 0.667. The predicted molar refractivity (Wildman–Crippen MR) is 73.2 cm³/mol. The molecule has 0 aromatic carbocycles. The van der Waals surface area contributed by atoms with Crippen molar-refractivity contribution in [2.75, 3.05) is 17.7 Å². The zero-order valence-electron chi connectivity index (χ0n) is 11.4. The zero-order chi connectivity index (χ0) is 14.0. The van der Waals surface area contributed by atoms with E-state index in [0.717, 1.165) is 12.8 Å². The number of nitro groups is 1. The first-order chi connectivity index (χ1) is 9.02. The van der Waals surface area contributed by atoms with Crippen LogP contribution in [0, 0.1) is 22.0 Å². The molecule has 1 fully saturated rings. The summed E-state index contributed by atoms with van der Waals surface area (Å²) in [5.74, 6) is 1.79. The molecule has 0 spiro atoms. The van der Waals surface area contributed by atoms with Gasteiger partial charge in [-0.2, -0.15) is 4.98 Å². The standard InChI is InChI=1S/C12H19N5O2/c1-7-4-5-9(8(7)2)15-11-10(17(18)19)6-14-12(13-3)16-11/h6-9H,4-5H2,1-3H3,(H2,13,14,15,16). The molecule has 7 nitrogen and oxygen atoms in total. The lowest BCUT2D eigenvalue weighted by atomic mass is 9.98. The van der Waals surface area contributed by atoms with Crippen LogP contribution in [0.3, 0.4) is 0 Å². The second kappa shape index (κ2) is 5.38. The largest absolute Gasteiger partial charge is 0.361 e. The smallest absolute Gasteiger partial charge is 0.329 e. The van der Waals surface area contributed by atoms with Crippen LogP contribution in [0.4, 0.5) is 17.5 Å². The number of hydrogen-bond donors (Lipinski definition) is 2. The normalized spacial score (nSPS) is 26.2. The van der Waals surface area contributed by atoms with Crippen molar-refractivity contribution in [1.82, 2.24) is 9.97 Å². The summed E-state index contributed by atoms with van der Waals surface area (Å²) in [6, 6.07) is 0.230. The molecule has 3 unspecified atom stereocenters. The number of nitrogens with zero attached hydrogens (tertiary/aromatic N) is 3. The molecule has 3 atom stereocenters. The summed E-state index contributed by atoms with van der Waals surface area (Å²) in [5, 5.41) is 17.0. The summed E-state index contributed by atoms with van der Waals surface area (Å²) in [6.45, 7) is 4.38. The molecule has 104 valence electrons. The minimum atomic E-state index is -0.454. The lowest BCUT2D eigenvalue weighted by Crippen LogP contribution is -2.25. The molecule has 2 rings (SSSR count). The Morgan fingerprint density at radius 1 is 1.42 bits per heavy atom. The Kier molecular flexibility index (Phi) is 3.82. The van der Waals surface area contributed by atoms with Gasteiger partial charge in [0, 0.05) is 13.1 Å². The van der Waals surface area contributed by atoms with Gasteiger partial charge in [-0.25, -0.2) is 4.98 Å². The quantitative estimate of drug-likeness (QED) is 0.640. The number of hydrogen-bond acceptors (Lipinski definition) is 6. The van der Waals surface area contributed by atoms with E-state index in [9.17, 15) is 10.1 Å². The molecule has 0 bridgehead atoms. The second-order valence-electron chi connectivity index (χ2n) is 5.10. The van der Waals surface area contributed by atoms with Crippen LogP contribution >= 0.6 is 0 Å². The van der Waals surface area contributed by atoms with E-state index >= 15 is 0 Å². The molecule has 1 aliphatic carbocycles. The van der Waals surface area contributed by atoms with Crippen molar-refractivity contribution in [3.8, 4) is 0 Å². The Bertz CT molecular complexity index is 479. The summed E-state index contributed by atoms with van der Waals surface area (Å²) in [6.07, 6.45) is 3.39. The van der Waals surface area contributed by atoms with Crippen molar-refractivity contribution in [3.05, 3.63) is 16.3 Å². The fourth-order valence-electron chi connectivity index (χ4n) is 2.48. The van der Waals surface area contributed by atoms with Gasteiger partial charge in [0.15, 0.2) is 0 Å². The minimum absolute atomic E-state index is 0.0780. The maximum absolute atomic E-state index is 11.0. The topological polar surface area (TPSA) is 93.0 Å². The summed E-state index contributed by atoms with van der Waals surface area (Å²) in [4.78, 5) is 18.6. The molecule has 0 saturated heterocycles. The van der Waals surface area contributed by atoms with E-state index in [1.54, 1.807) is 7.05 Å². The van der Waals surface area contributed by atoms with Crippen molar-refractivity contribution in [2.45, 2.75) is 32.7 Å². The molecule has 0 amide bonds. The van der Waals surface area contributed by atoms with Crippen LogP contribution in [0.15, 0.2) is 6.20 Å². The predicted octanol–water partition coefficient (Wildman–Crippen LogP) is 2.27. The maximum atomic E-state index is 11.0. The Labute approximate surface area is 112 Å². The van der Waals surface area contributed by atoms with Gasteiger partial charge in [0.05, 0.1) is 4.92 Å². The highest BCUT2D eigenvalue weighted by molar-refractivity contribution is 5.57. The van der Waals surface area contributed by atoms with Gasteiger partial charge in [0.25, 0.3) is 0 Å². The van der Waals surface area contributed by atoms with Gasteiger partial charge in [-0.15, -0.1) is 0 Å². The molecule has 19 heavy (non-hydrogen) atoms. The van der Waals surface area contributed by atoms with Crippen molar-refractivity contribution < 1.29 is 4.92 Å². The van der Waals surface area contributed by atoms with Gasteiger partial charge >= 0.3 is 5.69 Å². The molecular weight excluding hydrogens is 246 g/mol. The van der Waals surface area contributed by atoms with Crippen molar-refractivity contribution in [2.24, 2.45) is 11.8 Å². The Morgan fingerprint density at radius 2 is 2.16 bits per heavy atom. The third kappa shape index (κ3) is 2.74. The number of nitrogens with one attached hydrogen (secondary N) is 2. The molecule has 0 aliphatic heterocycles. The fourth-order valence-corrected chi connectivity index (χ4v) is 2.48. The van der Waals surface area contributed by atoms with E-state index in [1.165, 1.54) is 6.20 Å². The number of aromatic nitrogens is 2. The van der Waals surface area contributed by atoms with E-state index in [4.69, 9.17) is 0 Å².